The van der Waals surface area contributed by atoms with Gasteiger partial charge in [-0.05, 0) is 17.5 Å². The summed E-state index contributed by atoms with van der Waals surface area (Å²) in [6, 6.07) is 7.63. The van der Waals surface area contributed by atoms with E-state index in [9.17, 15) is 9.59 Å². The SMILES string of the molecule is CC1CN(C(=O)[C@@H]2Cc3ccccc3N2)CC1C(=O)O. The number of anilines is 1. The number of rotatable bonds is 2. The molecule has 106 valence electrons. The fraction of sp³-hybridized carbons (Fsp3) is 0.467. The van der Waals surface area contributed by atoms with Crippen molar-refractivity contribution < 1.29 is 14.7 Å². The Kier molecular flexibility index (Phi) is 3.12. The first kappa shape index (κ1) is 13.0. The lowest BCUT2D eigenvalue weighted by atomic mass is 9.99. The summed E-state index contributed by atoms with van der Waals surface area (Å²) in [6.07, 6.45) is 0.678. The Morgan fingerprint density at radius 1 is 1.30 bits per heavy atom. The predicted octanol–water partition coefficient (Wildman–Crippen LogP) is 1.20. The maximum Gasteiger partial charge on any atom is 0.308 e. The number of aliphatic carboxylic acids is 1. The van der Waals surface area contributed by atoms with Gasteiger partial charge in [0.1, 0.15) is 6.04 Å². The van der Waals surface area contributed by atoms with Crippen LogP contribution in [0, 0.1) is 11.8 Å². The molecule has 3 atom stereocenters. The molecule has 0 spiro atoms. The second kappa shape index (κ2) is 4.81. The van der Waals surface area contributed by atoms with E-state index in [1.165, 1.54) is 0 Å². The van der Waals surface area contributed by atoms with Crippen LogP contribution >= 0.6 is 0 Å². The minimum absolute atomic E-state index is 0.0109. The van der Waals surface area contributed by atoms with E-state index in [1.54, 1.807) is 4.90 Å². The largest absolute Gasteiger partial charge is 0.481 e. The molecule has 0 aliphatic carbocycles. The molecule has 1 aromatic carbocycles. The Labute approximate surface area is 117 Å². The van der Waals surface area contributed by atoms with Crippen molar-refractivity contribution in [3.63, 3.8) is 0 Å². The van der Waals surface area contributed by atoms with Crippen LogP contribution in [0.15, 0.2) is 24.3 Å². The molecule has 0 radical (unpaired) electrons. The highest BCUT2D eigenvalue weighted by Gasteiger charge is 2.40. The van der Waals surface area contributed by atoms with Gasteiger partial charge in [0.25, 0.3) is 0 Å². The zero-order chi connectivity index (χ0) is 14.3. The summed E-state index contributed by atoms with van der Waals surface area (Å²) in [7, 11) is 0. The van der Waals surface area contributed by atoms with Crippen molar-refractivity contribution in [2.24, 2.45) is 11.8 Å². The number of nitrogens with zero attached hydrogens (tertiary/aromatic N) is 1. The standard InChI is InChI=1S/C15H18N2O3/c1-9-7-17(8-11(9)15(19)20)14(18)13-6-10-4-2-3-5-12(10)16-13/h2-5,9,11,13,16H,6-8H2,1H3,(H,19,20)/t9?,11?,13-/m0/s1. The zero-order valence-corrected chi connectivity index (χ0v) is 11.4. The number of likely N-dealkylation sites (tertiary alicyclic amines) is 1. The predicted molar refractivity (Wildman–Crippen MR) is 74.4 cm³/mol. The number of hydrogen-bond acceptors (Lipinski definition) is 3. The van der Waals surface area contributed by atoms with Crippen molar-refractivity contribution in [3.05, 3.63) is 29.8 Å². The quantitative estimate of drug-likeness (QED) is 0.850. The maximum absolute atomic E-state index is 12.5. The van der Waals surface area contributed by atoms with E-state index < -0.39 is 11.9 Å². The van der Waals surface area contributed by atoms with E-state index in [0.29, 0.717) is 19.5 Å². The molecule has 1 fully saturated rings. The highest BCUT2D eigenvalue weighted by atomic mass is 16.4. The van der Waals surface area contributed by atoms with E-state index in [-0.39, 0.29) is 17.9 Å². The highest BCUT2D eigenvalue weighted by molar-refractivity contribution is 5.88. The first-order valence-electron chi connectivity index (χ1n) is 6.92. The second-order valence-electron chi connectivity index (χ2n) is 5.72. The van der Waals surface area contributed by atoms with Crippen LogP contribution in [0.1, 0.15) is 12.5 Å². The summed E-state index contributed by atoms with van der Waals surface area (Å²) < 4.78 is 0. The molecule has 2 unspecified atom stereocenters. The topological polar surface area (TPSA) is 69.6 Å². The minimum atomic E-state index is -0.810. The number of fused-ring (bicyclic) bond motifs is 1. The number of carboxylic acids is 1. The molecule has 2 N–H and O–H groups in total. The number of benzene rings is 1. The molecule has 20 heavy (non-hydrogen) atoms. The average Bonchev–Trinajstić information content (AvgIpc) is 3.01. The van der Waals surface area contributed by atoms with Gasteiger partial charge in [0, 0.05) is 25.2 Å². The molecular formula is C15H18N2O3. The Bertz CT molecular complexity index is 533. The number of carboxylic acid groups (broad SMARTS) is 1. The van der Waals surface area contributed by atoms with Crippen LogP contribution in [0.5, 0.6) is 0 Å². The normalized spacial score (nSPS) is 28.1. The Morgan fingerprint density at radius 3 is 2.70 bits per heavy atom. The van der Waals surface area contributed by atoms with Crippen LogP contribution in [-0.4, -0.2) is 41.0 Å². The fourth-order valence-electron chi connectivity index (χ4n) is 3.14. The molecular weight excluding hydrogens is 256 g/mol. The van der Waals surface area contributed by atoms with Crippen molar-refractivity contribution >= 4 is 17.6 Å². The molecule has 2 aliphatic rings. The fourth-order valence-corrected chi connectivity index (χ4v) is 3.14. The van der Waals surface area contributed by atoms with Gasteiger partial charge in [-0.1, -0.05) is 25.1 Å². The summed E-state index contributed by atoms with van der Waals surface area (Å²) >= 11 is 0. The number of hydrogen-bond donors (Lipinski definition) is 2. The van der Waals surface area contributed by atoms with Gasteiger partial charge >= 0.3 is 5.97 Å². The number of amides is 1. The lowest BCUT2D eigenvalue weighted by Gasteiger charge is -2.20. The van der Waals surface area contributed by atoms with Gasteiger partial charge in [-0.2, -0.15) is 0 Å². The minimum Gasteiger partial charge on any atom is -0.481 e. The lowest BCUT2D eigenvalue weighted by Crippen LogP contribution is -2.41. The number of para-hydroxylation sites is 1. The van der Waals surface area contributed by atoms with Gasteiger partial charge in [-0.15, -0.1) is 0 Å². The molecule has 1 aromatic rings. The van der Waals surface area contributed by atoms with Gasteiger partial charge in [0.2, 0.25) is 5.91 Å². The summed E-state index contributed by atoms with van der Waals surface area (Å²) in [5, 5.41) is 12.4. The molecule has 2 heterocycles. The summed E-state index contributed by atoms with van der Waals surface area (Å²) in [6.45, 7) is 2.75. The van der Waals surface area contributed by atoms with Crippen LogP contribution in [-0.2, 0) is 16.0 Å². The van der Waals surface area contributed by atoms with Crippen LogP contribution < -0.4 is 5.32 Å². The van der Waals surface area contributed by atoms with E-state index in [2.05, 4.69) is 5.32 Å². The third-order valence-corrected chi connectivity index (χ3v) is 4.31. The summed E-state index contributed by atoms with van der Waals surface area (Å²) in [5.74, 6) is -1.23. The molecule has 1 saturated heterocycles. The first-order chi connectivity index (χ1) is 9.56. The number of nitrogens with one attached hydrogen (secondary N) is 1. The summed E-state index contributed by atoms with van der Waals surface area (Å²) in [4.78, 5) is 25.3. The van der Waals surface area contributed by atoms with Crippen LogP contribution in [0.3, 0.4) is 0 Å². The Hall–Kier alpha value is -2.04. The van der Waals surface area contributed by atoms with Crippen molar-refractivity contribution in [2.45, 2.75) is 19.4 Å². The average molecular weight is 274 g/mol. The van der Waals surface area contributed by atoms with Crippen molar-refractivity contribution in [3.8, 4) is 0 Å². The van der Waals surface area contributed by atoms with Crippen LogP contribution in [0.2, 0.25) is 0 Å². The lowest BCUT2D eigenvalue weighted by molar-refractivity contribution is -0.142. The molecule has 3 rings (SSSR count). The van der Waals surface area contributed by atoms with Crippen molar-refractivity contribution in [1.82, 2.24) is 4.90 Å². The molecule has 0 bridgehead atoms. The van der Waals surface area contributed by atoms with Crippen molar-refractivity contribution in [1.29, 1.82) is 0 Å². The maximum atomic E-state index is 12.5. The highest BCUT2D eigenvalue weighted by Crippen LogP contribution is 2.29. The van der Waals surface area contributed by atoms with E-state index >= 15 is 0 Å². The Morgan fingerprint density at radius 2 is 2.05 bits per heavy atom. The van der Waals surface area contributed by atoms with Gasteiger partial charge in [0.15, 0.2) is 0 Å². The molecule has 2 aliphatic heterocycles. The third kappa shape index (κ3) is 2.13. The molecule has 5 heteroatoms. The summed E-state index contributed by atoms with van der Waals surface area (Å²) in [5.41, 5.74) is 2.15. The van der Waals surface area contributed by atoms with Gasteiger partial charge in [-0.25, -0.2) is 0 Å². The second-order valence-corrected chi connectivity index (χ2v) is 5.72. The van der Waals surface area contributed by atoms with E-state index in [4.69, 9.17) is 5.11 Å². The smallest absolute Gasteiger partial charge is 0.308 e. The first-order valence-corrected chi connectivity index (χ1v) is 6.92. The van der Waals surface area contributed by atoms with Gasteiger partial charge in [-0.3, -0.25) is 9.59 Å². The monoisotopic (exact) mass is 274 g/mol. The zero-order valence-electron chi connectivity index (χ0n) is 11.4. The van der Waals surface area contributed by atoms with Crippen LogP contribution in [0.25, 0.3) is 0 Å². The Balaban J connectivity index is 1.69. The molecule has 1 amide bonds. The molecule has 0 aromatic heterocycles. The number of carbonyl (C=O) groups excluding carboxylic acids is 1. The molecule has 5 nitrogen and oxygen atoms in total. The van der Waals surface area contributed by atoms with Crippen molar-refractivity contribution in [2.75, 3.05) is 18.4 Å². The number of carbonyl (C=O) groups is 2. The van der Waals surface area contributed by atoms with E-state index in [0.717, 1.165) is 11.3 Å². The van der Waals surface area contributed by atoms with Gasteiger partial charge in [0.05, 0.1) is 5.92 Å². The van der Waals surface area contributed by atoms with Gasteiger partial charge < -0.3 is 15.3 Å². The van der Waals surface area contributed by atoms with E-state index in [1.807, 2.05) is 31.2 Å². The molecule has 0 saturated carbocycles. The third-order valence-electron chi connectivity index (χ3n) is 4.31. The van der Waals surface area contributed by atoms with Crippen LogP contribution in [0.4, 0.5) is 5.69 Å².